The van der Waals surface area contributed by atoms with Gasteiger partial charge in [-0.1, -0.05) is 16.3 Å². The molecule has 1 amide bonds. The highest BCUT2D eigenvalue weighted by Gasteiger charge is 2.11. The number of benzene rings is 1. The fourth-order valence-corrected chi connectivity index (χ4v) is 1.73. The fraction of sp³-hybridized carbons (Fsp3) is 0.0833. The summed E-state index contributed by atoms with van der Waals surface area (Å²) < 4.78 is 16.7. The van der Waals surface area contributed by atoms with E-state index in [1.54, 1.807) is 0 Å². The van der Waals surface area contributed by atoms with E-state index < -0.39 is 11.7 Å². The second-order valence-corrected chi connectivity index (χ2v) is 4.17. The van der Waals surface area contributed by atoms with Crippen molar-refractivity contribution in [3.63, 3.8) is 0 Å². The van der Waals surface area contributed by atoms with Gasteiger partial charge in [0.1, 0.15) is 17.3 Å². The predicted octanol–water partition coefficient (Wildman–Crippen LogP) is 1.27. The third-order valence-corrected chi connectivity index (χ3v) is 2.78. The molecule has 1 aromatic carbocycles. The van der Waals surface area contributed by atoms with Crippen molar-refractivity contribution in [1.29, 1.82) is 0 Å². The number of amides is 1. The van der Waals surface area contributed by atoms with Crippen LogP contribution in [0.2, 0.25) is 0 Å². The molecule has 0 atom stereocenters. The third kappa shape index (κ3) is 3.34. The molecular formula is C12H8FN3O2S. The molecule has 0 saturated carbocycles. The molecule has 0 bridgehead atoms. The smallest absolute Gasteiger partial charge is 0.269 e. The Kier molecular flexibility index (Phi) is 4.18. The molecule has 0 aliphatic carbocycles. The van der Waals surface area contributed by atoms with Crippen molar-refractivity contribution in [2.75, 3.05) is 11.9 Å². The van der Waals surface area contributed by atoms with E-state index in [9.17, 15) is 9.18 Å². The lowest BCUT2D eigenvalue weighted by atomic mass is 10.1. The first-order valence-electron chi connectivity index (χ1n) is 5.18. The summed E-state index contributed by atoms with van der Waals surface area (Å²) in [6.07, 6.45) is 1.34. The van der Waals surface area contributed by atoms with Crippen LogP contribution in [0.3, 0.4) is 0 Å². The van der Waals surface area contributed by atoms with Gasteiger partial charge in [0.05, 0.1) is 17.4 Å². The molecule has 0 fully saturated rings. The number of carbonyl (C=O) groups is 1. The molecule has 96 valence electrons. The van der Waals surface area contributed by atoms with Gasteiger partial charge >= 0.3 is 0 Å². The molecule has 2 rings (SSSR count). The van der Waals surface area contributed by atoms with Crippen molar-refractivity contribution in [3.05, 3.63) is 40.7 Å². The molecule has 0 aliphatic heterocycles. The monoisotopic (exact) mass is 277 g/mol. The lowest BCUT2D eigenvalue weighted by molar-refractivity contribution is 0.103. The second-order valence-electron chi connectivity index (χ2n) is 3.39. The maximum absolute atomic E-state index is 13.1. The van der Waals surface area contributed by atoms with Crippen LogP contribution < -0.4 is 5.32 Å². The highest BCUT2D eigenvalue weighted by atomic mass is 32.1. The number of nitrogens with one attached hydrogen (secondary N) is 1. The molecular weight excluding hydrogens is 269 g/mol. The summed E-state index contributed by atoms with van der Waals surface area (Å²) in [5, 5.41) is 14.8. The largest absolute Gasteiger partial charge is 0.384 e. The van der Waals surface area contributed by atoms with Crippen LogP contribution in [-0.2, 0) is 0 Å². The molecule has 2 N–H and O–H groups in total. The third-order valence-electron chi connectivity index (χ3n) is 2.12. The van der Waals surface area contributed by atoms with Gasteiger partial charge in [0, 0.05) is 0 Å². The average molecular weight is 277 g/mol. The number of nitrogens with zero attached hydrogens (tertiary/aromatic N) is 2. The van der Waals surface area contributed by atoms with Crippen molar-refractivity contribution < 1.29 is 14.3 Å². The van der Waals surface area contributed by atoms with Crippen LogP contribution in [0.25, 0.3) is 0 Å². The number of anilines is 1. The number of rotatable bonds is 2. The molecule has 0 saturated heterocycles. The van der Waals surface area contributed by atoms with Gasteiger partial charge in [0.25, 0.3) is 5.91 Å². The van der Waals surface area contributed by atoms with E-state index in [1.165, 1.54) is 24.4 Å². The number of hydrogen-bond donors (Lipinski definition) is 2. The second kappa shape index (κ2) is 6.04. The van der Waals surface area contributed by atoms with E-state index in [1.807, 2.05) is 0 Å². The molecule has 2 aromatic rings. The Morgan fingerprint density at radius 2 is 2.37 bits per heavy atom. The first-order chi connectivity index (χ1) is 9.20. The zero-order valence-electron chi connectivity index (χ0n) is 9.55. The molecule has 1 heterocycles. The Morgan fingerprint density at radius 1 is 1.53 bits per heavy atom. The van der Waals surface area contributed by atoms with E-state index in [4.69, 9.17) is 5.11 Å². The summed E-state index contributed by atoms with van der Waals surface area (Å²) in [7, 11) is 0. The average Bonchev–Trinajstić information content (AvgIpc) is 2.93. The molecule has 19 heavy (non-hydrogen) atoms. The number of aliphatic hydroxyl groups excluding tert-OH is 1. The van der Waals surface area contributed by atoms with Crippen LogP contribution in [-0.4, -0.2) is 27.2 Å². The topological polar surface area (TPSA) is 75.1 Å². The van der Waals surface area contributed by atoms with E-state index >= 15 is 0 Å². The summed E-state index contributed by atoms with van der Waals surface area (Å²) >= 11 is 0.954. The van der Waals surface area contributed by atoms with Crippen LogP contribution in [0.15, 0.2) is 24.4 Å². The molecule has 0 spiro atoms. The normalized spacial score (nSPS) is 9.58. The lowest BCUT2D eigenvalue weighted by Gasteiger charge is -2.05. The van der Waals surface area contributed by atoms with Crippen LogP contribution >= 0.6 is 11.5 Å². The highest BCUT2D eigenvalue weighted by Crippen LogP contribution is 2.17. The number of carbonyl (C=O) groups excluding carboxylic acids is 1. The minimum atomic E-state index is -0.473. The van der Waals surface area contributed by atoms with Gasteiger partial charge in [-0.25, -0.2) is 4.39 Å². The van der Waals surface area contributed by atoms with Crippen molar-refractivity contribution in [1.82, 2.24) is 9.59 Å². The fourth-order valence-electron chi connectivity index (χ4n) is 1.31. The molecule has 7 heteroatoms. The summed E-state index contributed by atoms with van der Waals surface area (Å²) in [4.78, 5) is 12.2. The Bertz CT molecular complexity index is 647. The SMILES string of the molecule is O=C(Nc1ccc(F)cc1C#CCO)c1cnns1. The van der Waals surface area contributed by atoms with Gasteiger partial charge in [-0.15, -0.1) is 5.10 Å². The maximum Gasteiger partial charge on any atom is 0.269 e. The number of halogens is 1. The van der Waals surface area contributed by atoms with Gasteiger partial charge in [-0.2, -0.15) is 0 Å². The van der Waals surface area contributed by atoms with Crippen molar-refractivity contribution in [2.45, 2.75) is 0 Å². The van der Waals surface area contributed by atoms with Crippen molar-refractivity contribution >= 4 is 23.1 Å². The minimum Gasteiger partial charge on any atom is -0.384 e. The molecule has 0 unspecified atom stereocenters. The van der Waals surface area contributed by atoms with Crippen molar-refractivity contribution in [3.8, 4) is 11.8 Å². The Morgan fingerprint density at radius 3 is 3.05 bits per heavy atom. The van der Waals surface area contributed by atoms with Crippen LogP contribution in [0.4, 0.5) is 10.1 Å². The van der Waals surface area contributed by atoms with E-state index in [2.05, 4.69) is 26.7 Å². The molecule has 0 aliphatic rings. The quantitative estimate of drug-likeness (QED) is 0.811. The van der Waals surface area contributed by atoms with E-state index in [0.717, 1.165) is 11.5 Å². The standard InChI is InChI=1S/C12H8FN3O2S/c13-9-3-4-10(8(6-9)2-1-5-17)15-12(18)11-7-14-16-19-11/h3-4,6-7,17H,5H2,(H,15,18). The van der Waals surface area contributed by atoms with Crippen LogP contribution in [0.5, 0.6) is 0 Å². The summed E-state index contributed by atoms with van der Waals surface area (Å²) in [6, 6.07) is 3.80. The number of aliphatic hydroxyl groups is 1. The van der Waals surface area contributed by atoms with E-state index in [0.29, 0.717) is 16.1 Å². The van der Waals surface area contributed by atoms with Crippen LogP contribution in [0, 0.1) is 17.7 Å². The highest BCUT2D eigenvalue weighted by molar-refractivity contribution is 7.07. The molecule has 5 nitrogen and oxygen atoms in total. The van der Waals surface area contributed by atoms with Gasteiger partial charge in [0.2, 0.25) is 0 Å². The predicted molar refractivity (Wildman–Crippen MR) is 68.2 cm³/mol. The first kappa shape index (κ1) is 13.1. The Hall–Kier alpha value is -2.30. The van der Waals surface area contributed by atoms with Gasteiger partial charge in [-0.05, 0) is 29.7 Å². The van der Waals surface area contributed by atoms with Gasteiger partial charge < -0.3 is 10.4 Å². The minimum absolute atomic E-state index is 0.292. The summed E-state index contributed by atoms with van der Waals surface area (Å²) in [5.41, 5.74) is 0.653. The zero-order chi connectivity index (χ0) is 13.7. The van der Waals surface area contributed by atoms with Crippen molar-refractivity contribution in [2.24, 2.45) is 0 Å². The Balaban J connectivity index is 2.27. The molecule has 1 aromatic heterocycles. The number of hydrogen-bond acceptors (Lipinski definition) is 5. The van der Waals surface area contributed by atoms with Gasteiger partial charge in [-0.3, -0.25) is 4.79 Å². The lowest BCUT2D eigenvalue weighted by Crippen LogP contribution is -2.11. The number of aromatic nitrogens is 2. The maximum atomic E-state index is 13.1. The van der Waals surface area contributed by atoms with Gasteiger partial charge in [0.15, 0.2) is 0 Å². The first-order valence-corrected chi connectivity index (χ1v) is 5.96. The molecule has 0 radical (unpaired) electrons. The zero-order valence-corrected chi connectivity index (χ0v) is 10.4. The Labute approximate surface area is 112 Å². The summed E-state index contributed by atoms with van der Waals surface area (Å²) in [6.45, 7) is -0.345. The van der Waals surface area contributed by atoms with E-state index in [-0.39, 0.29) is 6.61 Å². The summed E-state index contributed by atoms with van der Waals surface area (Å²) in [5.74, 6) is 4.11. The van der Waals surface area contributed by atoms with Crippen LogP contribution in [0.1, 0.15) is 15.2 Å².